The first-order valence-corrected chi connectivity index (χ1v) is 6.03. The van der Waals surface area contributed by atoms with E-state index in [0.717, 1.165) is 17.7 Å². The highest BCUT2D eigenvalue weighted by Gasteiger charge is 2.39. The molecule has 0 saturated heterocycles. The van der Waals surface area contributed by atoms with Crippen LogP contribution >= 0.6 is 0 Å². The van der Waals surface area contributed by atoms with Gasteiger partial charge in [-0.2, -0.15) is 0 Å². The van der Waals surface area contributed by atoms with Crippen LogP contribution < -0.4 is 0 Å². The third kappa shape index (κ3) is 1.67. The SMILES string of the molecule is [2H]C1(c2ccccc2)c2ccccc2C[N+]1(C)C. The van der Waals surface area contributed by atoms with Gasteiger partial charge in [-0.25, -0.2) is 0 Å². The van der Waals surface area contributed by atoms with Gasteiger partial charge in [-0.1, -0.05) is 54.6 Å². The van der Waals surface area contributed by atoms with Crippen molar-refractivity contribution in [2.24, 2.45) is 0 Å². The molecule has 1 unspecified atom stereocenters. The van der Waals surface area contributed by atoms with Crippen LogP contribution in [-0.2, 0) is 6.54 Å². The maximum absolute atomic E-state index is 9.08. The number of hydrogen-bond acceptors (Lipinski definition) is 0. The van der Waals surface area contributed by atoms with E-state index in [9.17, 15) is 0 Å². The van der Waals surface area contributed by atoms with Crippen molar-refractivity contribution < 1.29 is 5.85 Å². The van der Waals surface area contributed by atoms with Gasteiger partial charge in [0.25, 0.3) is 0 Å². The average Bonchev–Trinajstić information content (AvgIpc) is 2.59. The number of rotatable bonds is 1. The van der Waals surface area contributed by atoms with Crippen LogP contribution in [0.5, 0.6) is 0 Å². The molecule has 2 aromatic carbocycles. The molecule has 1 heterocycles. The van der Waals surface area contributed by atoms with E-state index in [0.29, 0.717) is 4.48 Å². The molecule has 0 fully saturated rings. The standard InChI is InChI=1S/C16H18N/c1-17(2)12-14-10-6-7-11-15(14)16(17)13-8-4-3-5-9-13/h3-11,16H,12H2,1-2H3/q+1/i16D. The van der Waals surface area contributed by atoms with Gasteiger partial charge in [0.05, 0.1) is 14.1 Å². The van der Waals surface area contributed by atoms with Gasteiger partial charge in [0.1, 0.15) is 13.9 Å². The van der Waals surface area contributed by atoms with E-state index in [2.05, 4.69) is 44.4 Å². The molecule has 1 aliphatic heterocycles. The smallest absolute Gasteiger partial charge is 0.141 e. The Morgan fingerprint density at radius 2 is 1.65 bits per heavy atom. The van der Waals surface area contributed by atoms with Crippen molar-refractivity contribution in [1.82, 2.24) is 0 Å². The van der Waals surface area contributed by atoms with Crippen molar-refractivity contribution in [3.05, 3.63) is 71.3 Å². The first-order chi connectivity index (χ1) is 8.56. The summed E-state index contributed by atoms with van der Waals surface area (Å²) in [6.45, 7) is 0.911. The highest BCUT2D eigenvalue weighted by molar-refractivity contribution is 5.38. The molecule has 0 amide bonds. The fourth-order valence-corrected chi connectivity index (χ4v) is 2.82. The van der Waals surface area contributed by atoms with Gasteiger partial charge in [0.2, 0.25) is 0 Å². The summed E-state index contributed by atoms with van der Waals surface area (Å²) in [4.78, 5) is 0. The Morgan fingerprint density at radius 3 is 2.41 bits per heavy atom. The second kappa shape index (κ2) is 3.71. The van der Waals surface area contributed by atoms with Crippen molar-refractivity contribution in [3.63, 3.8) is 0 Å². The number of quaternary nitrogens is 1. The molecule has 0 N–H and O–H groups in total. The molecular formula is C16H18N+. The molecule has 0 saturated carbocycles. The zero-order valence-corrected chi connectivity index (χ0v) is 10.4. The van der Waals surface area contributed by atoms with E-state index in [1.165, 1.54) is 5.56 Å². The van der Waals surface area contributed by atoms with Crippen molar-refractivity contribution in [2.45, 2.75) is 12.6 Å². The number of hydrogen-bond donors (Lipinski definition) is 0. The molecule has 1 aliphatic rings. The molecule has 0 spiro atoms. The van der Waals surface area contributed by atoms with Gasteiger partial charge in [-0.15, -0.1) is 0 Å². The summed E-state index contributed by atoms with van der Waals surface area (Å²) in [5.74, 6) is 0. The summed E-state index contributed by atoms with van der Waals surface area (Å²) in [5.41, 5.74) is 3.50. The van der Waals surface area contributed by atoms with Crippen LogP contribution in [0.15, 0.2) is 54.6 Å². The van der Waals surface area contributed by atoms with Crippen molar-refractivity contribution in [3.8, 4) is 0 Å². The summed E-state index contributed by atoms with van der Waals surface area (Å²) in [6, 6.07) is 17.8. The minimum Gasteiger partial charge on any atom is -0.315 e. The third-order valence-electron chi connectivity index (χ3n) is 3.49. The Morgan fingerprint density at radius 1 is 1.00 bits per heavy atom. The quantitative estimate of drug-likeness (QED) is 0.653. The molecule has 0 radical (unpaired) electrons. The number of benzene rings is 2. The zero-order chi connectivity index (χ0) is 12.8. The fraction of sp³-hybridized carbons (Fsp3) is 0.250. The minimum absolute atomic E-state index is 0.649. The predicted octanol–water partition coefficient (Wildman–Crippen LogP) is 3.37. The van der Waals surface area contributed by atoms with Crippen molar-refractivity contribution in [1.29, 1.82) is 0 Å². The minimum atomic E-state index is -0.697. The number of fused-ring (bicyclic) bond motifs is 1. The highest BCUT2D eigenvalue weighted by atomic mass is 15.3. The molecule has 1 atom stereocenters. The maximum atomic E-state index is 9.08. The summed E-state index contributed by atoms with van der Waals surface area (Å²) >= 11 is 0. The lowest BCUT2D eigenvalue weighted by molar-refractivity contribution is -0.921. The van der Waals surface area contributed by atoms with Crippen LogP contribution in [0.3, 0.4) is 0 Å². The van der Waals surface area contributed by atoms with Crippen LogP contribution in [0.4, 0.5) is 0 Å². The Balaban J connectivity index is 2.26. The molecule has 17 heavy (non-hydrogen) atoms. The topological polar surface area (TPSA) is 0 Å². The molecule has 0 aromatic heterocycles. The molecule has 3 rings (SSSR count). The molecule has 1 nitrogen and oxygen atoms in total. The van der Waals surface area contributed by atoms with Crippen LogP contribution in [-0.4, -0.2) is 18.6 Å². The molecule has 0 bridgehead atoms. The number of nitrogens with zero attached hydrogens (tertiary/aromatic N) is 1. The van der Waals surface area contributed by atoms with Gasteiger partial charge >= 0.3 is 0 Å². The van der Waals surface area contributed by atoms with E-state index in [1.807, 2.05) is 24.3 Å². The first kappa shape index (κ1) is 9.43. The normalized spacial score (nSPS) is 26.4. The van der Waals surface area contributed by atoms with Gasteiger partial charge < -0.3 is 4.48 Å². The van der Waals surface area contributed by atoms with Gasteiger partial charge in [-0.3, -0.25) is 0 Å². The Labute approximate surface area is 104 Å². The fourth-order valence-electron chi connectivity index (χ4n) is 2.82. The molecular weight excluding hydrogens is 206 g/mol. The monoisotopic (exact) mass is 225 g/mol. The van der Waals surface area contributed by atoms with Crippen molar-refractivity contribution >= 4 is 0 Å². The maximum Gasteiger partial charge on any atom is 0.141 e. The zero-order valence-electron chi connectivity index (χ0n) is 11.4. The molecule has 2 aromatic rings. The Kier molecular flexibility index (Phi) is 2.06. The van der Waals surface area contributed by atoms with Crippen LogP contribution in [0.1, 0.15) is 24.1 Å². The predicted molar refractivity (Wildman–Crippen MR) is 70.5 cm³/mol. The van der Waals surface area contributed by atoms with Crippen LogP contribution in [0, 0.1) is 0 Å². The molecule has 1 heteroatoms. The lowest BCUT2D eigenvalue weighted by Gasteiger charge is -2.32. The third-order valence-corrected chi connectivity index (χ3v) is 3.49. The summed E-state index contributed by atoms with van der Waals surface area (Å²) < 4.78 is 9.73. The van der Waals surface area contributed by atoms with E-state index in [1.54, 1.807) is 0 Å². The summed E-state index contributed by atoms with van der Waals surface area (Å²) in [5, 5.41) is 0. The van der Waals surface area contributed by atoms with E-state index in [-0.39, 0.29) is 0 Å². The Hall–Kier alpha value is -1.60. The second-order valence-corrected chi connectivity index (χ2v) is 5.21. The molecule has 86 valence electrons. The summed E-state index contributed by atoms with van der Waals surface area (Å²) in [7, 11) is 4.28. The highest BCUT2D eigenvalue weighted by Crippen LogP contribution is 2.41. The van der Waals surface area contributed by atoms with Gasteiger partial charge in [-0.05, 0) is 0 Å². The average molecular weight is 225 g/mol. The van der Waals surface area contributed by atoms with E-state index < -0.39 is 6.02 Å². The van der Waals surface area contributed by atoms with Crippen LogP contribution in [0.2, 0.25) is 0 Å². The van der Waals surface area contributed by atoms with E-state index in [4.69, 9.17) is 1.37 Å². The first-order valence-electron chi connectivity index (χ1n) is 6.53. The summed E-state index contributed by atoms with van der Waals surface area (Å²) in [6.07, 6.45) is 0. The van der Waals surface area contributed by atoms with Crippen molar-refractivity contribution in [2.75, 3.05) is 14.1 Å². The van der Waals surface area contributed by atoms with Gasteiger partial charge in [0.15, 0.2) is 0 Å². The van der Waals surface area contributed by atoms with E-state index >= 15 is 0 Å². The largest absolute Gasteiger partial charge is 0.315 e. The van der Waals surface area contributed by atoms with Crippen LogP contribution in [0.25, 0.3) is 0 Å². The second-order valence-electron chi connectivity index (χ2n) is 5.21. The Bertz CT molecular complexity index is 577. The lowest BCUT2D eigenvalue weighted by Crippen LogP contribution is -2.37. The molecule has 0 aliphatic carbocycles. The lowest BCUT2D eigenvalue weighted by atomic mass is 9.97. The van der Waals surface area contributed by atoms with Gasteiger partial charge in [0, 0.05) is 16.7 Å².